The van der Waals surface area contributed by atoms with Gasteiger partial charge >= 0.3 is 0 Å². The van der Waals surface area contributed by atoms with E-state index in [1.165, 1.54) is 6.07 Å². The molecule has 1 aliphatic heterocycles. The average Bonchev–Trinajstić information content (AvgIpc) is 2.75. The first-order chi connectivity index (χ1) is 14.1. The molecule has 150 valence electrons. The molecule has 0 atom stereocenters. The van der Waals surface area contributed by atoms with Gasteiger partial charge < -0.3 is 24.1 Å². The molecule has 7 nitrogen and oxygen atoms in total. The molecule has 7 heteroatoms. The lowest BCUT2D eigenvalue weighted by Gasteiger charge is -2.27. The van der Waals surface area contributed by atoms with Gasteiger partial charge in [-0.05, 0) is 31.2 Å². The quantitative estimate of drug-likeness (QED) is 0.717. The number of carbonyl (C=O) groups is 1. The normalized spacial score (nSPS) is 14.0. The molecule has 1 amide bonds. The number of para-hydroxylation sites is 1. The standard InChI is InChI=1S/C22H22N2O5/c1-15-19(28-14-20(26)23-16-5-3-2-4-6-16)8-7-17-18(25)13-21(29-22(15)17)24-9-11-27-12-10-24/h2-8,13H,9-12,14H2,1H3,(H,23,26). The SMILES string of the molecule is Cc1c(OCC(=O)Nc2ccccc2)ccc2c(=O)cc(N3CCOCC3)oc12. The Morgan fingerprint density at radius 2 is 1.90 bits per heavy atom. The molecule has 4 rings (SSSR count). The van der Waals surface area contributed by atoms with E-state index in [1.54, 1.807) is 24.3 Å². The van der Waals surface area contributed by atoms with Gasteiger partial charge in [0.1, 0.15) is 11.3 Å². The molecule has 1 saturated heterocycles. The van der Waals surface area contributed by atoms with Crippen molar-refractivity contribution in [2.75, 3.05) is 43.1 Å². The summed E-state index contributed by atoms with van der Waals surface area (Å²) in [6.07, 6.45) is 0. The second-order valence-electron chi connectivity index (χ2n) is 6.82. The molecule has 0 radical (unpaired) electrons. The zero-order valence-corrected chi connectivity index (χ0v) is 16.1. The van der Waals surface area contributed by atoms with Crippen molar-refractivity contribution < 1.29 is 18.7 Å². The van der Waals surface area contributed by atoms with Crippen molar-refractivity contribution in [2.24, 2.45) is 0 Å². The van der Waals surface area contributed by atoms with Crippen molar-refractivity contribution in [1.29, 1.82) is 0 Å². The molecule has 1 aliphatic rings. The monoisotopic (exact) mass is 394 g/mol. The number of morpholine rings is 1. The highest BCUT2D eigenvalue weighted by molar-refractivity contribution is 5.92. The van der Waals surface area contributed by atoms with E-state index < -0.39 is 0 Å². The Morgan fingerprint density at radius 3 is 2.66 bits per heavy atom. The smallest absolute Gasteiger partial charge is 0.262 e. The number of fused-ring (bicyclic) bond motifs is 1. The van der Waals surface area contributed by atoms with Crippen LogP contribution < -0.4 is 20.4 Å². The van der Waals surface area contributed by atoms with Crippen LogP contribution in [-0.4, -0.2) is 38.8 Å². The van der Waals surface area contributed by atoms with Gasteiger partial charge in [-0.1, -0.05) is 18.2 Å². The Labute approximate surface area is 167 Å². The molecule has 1 fully saturated rings. The summed E-state index contributed by atoms with van der Waals surface area (Å²) in [5, 5.41) is 3.26. The second-order valence-corrected chi connectivity index (χ2v) is 6.82. The average molecular weight is 394 g/mol. The molecular weight excluding hydrogens is 372 g/mol. The van der Waals surface area contributed by atoms with Crippen molar-refractivity contribution in [1.82, 2.24) is 0 Å². The highest BCUT2D eigenvalue weighted by atomic mass is 16.5. The molecule has 2 heterocycles. The number of nitrogens with one attached hydrogen (secondary N) is 1. The third-order valence-electron chi connectivity index (χ3n) is 4.82. The van der Waals surface area contributed by atoms with Crippen LogP contribution in [0.2, 0.25) is 0 Å². The fraction of sp³-hybridized carbons (Fsp3) is 0.273. The molecule has 1 N–H and O–H groups in total. The summed E-state index contributed by atoms with van der Waals surface area (Å²) in [5.74, 6) is 0.759. The van der Waals surface area contributed by atoms with E-state index in [4.69, 9.17) is 13.9 Å². The predicted molar refractivity (Wildman–Crippen MR) is 111 cm³/mol. The Hall–Kier alpha value is -3.32. The molecule has 29 heavy (non-hydrogen) atoms. The molecule has 1 aromatic heterocycles. The minimum atomic E-state index is -0.265. The van der Waals surface area contributed by atoms with Crippen LogP contribution in [0.4, 0.5) is 11.6 Å². The summed E-state index contributed by atoms with van der Waals surface area (Å²) in [7, 11) is 0. The number of ether oxygens (including phenoxy) is 2. The van der Waals surface area contributed by atoms with E-state index in [0.717, 1.165) is 0 Å². The fourth-order valence-corrected chi connectivity index (χ4v) is 3.28. The fourth-order valence-electron chi connectivity index (χ4n) is 3.28. The number of hydrogen-bond acceptors (Lipinski definition) is 6. The van der Waals surface area contributed by atoms with E-state index in [-0.39, 0.29) is 17.9 Å². The minimum absolute atomic E-state index is 0.107. The molecule has 0 saturated carbocycles. The van der Waals surface area contributed by atoms with Crippen LogP contribution in [0, 0.1) is 6.92 Å². The van der Waals surface area contributed by atoms with Crippen molar-refractivity contribution >= 4 is 28.4 Å². The van der Waals surface area contributed by atoms with Gasteiger partial charge in [-0.25, -0.2) is 0 Å². The van der Waals surface area contributed by atoms with Gasteiger partial charge in [0, 0.05) is 30.4 Å². The largest absolute Gasteiger partial charge is 0.483 e. The molecule has 3 aromatic rings. The van der Waals surface area contributed by atoms with Crippen LogP contribution in [0.15, 0.2) is 57.7 Å². The van der Waals surface area contributed by atoms with Gasteiger partial charge in [0.2, 0.25) is 0 Å². The lowest BCUT2D eigenvalue weighted by molar-refractivity contribution is -0.118. The highest BCUT2D eigenvalue weighted by Gasteiger charge is 2.17. The van der Waals surface area contributed by atoms with Gasteiger partial charge in [0.25, 0.3) is 5.91 Å². The molecule has 2 aromatic carbocycles. The van der Waals surface area contributed by atoms with E-state index in [1.807, 2.05) is 30.0 Å². The van der Waals surface area contributed by atoms with E-state index in [0.29, 0.717) is 60.2 Å². The molecule has 0 aliphatic carbocycles. The zero-order chi connectivity index (χ0) is 20.2. The Bertz CT molecular complexity index is 1070. The van der Waals surface area contributed by atoms with Crippen molar-refractivity contribution in [3.05, 3.63) is 64.3 Å². The highest BCUT2D eigenvalue weighted by Crippen LogP contribution is 2.29. The Balaban J connectivity index is 1.54. The van der Waals surface area contributed by atoms with Gasteiger partial charge in [0.05, 0.1) is 18.6 Å². The van der Waals surface area contributed by atoms with Gasteiger partial charge in [-0.15, -0.1) is 0 Å². The lowest BCUT2D eigenvalue weighted by Crippen LogP contribution is -2.36. The van der Waals surface area contributed by atoms with E-state index in [2.05, 4.69) is 5.32 Å². The van der Waals surface area contributed by atoms with Crippen LogP contribution in [0.3, 0.4) is 0 Å². The number of nitrogens with zero attached hydrogens (tertiary/aromatic N) is 1. The predicted octanol–water partition coefficient (Wildman–Crippen LogP) is 2.96. The summed E-state index contributed by atoms with van der Waals surface area (Å²) in [6.45, 7) is 4.21. The van der Waals surface area contributed by atoms with E-state index >= 15 is 0 Å². The maximum absolute atomic E-state index is 12.6. The number of carbonyl (C=O) groups excluding carboxylic acids is 1. The third-order valence-corrected chi connectivity index (χ3v) is 4.82. The van der Waals surface area contributed by atoms with Crippen LogP contribution in [0.1, 0.15) is 5.56 Å². The summed E-state index contributed by atoms with van der Waals surface area (Å²) in [4.78, 5) is 26.7. The summed E-state index contributed by atoms with van der Waals surface area (Å²) < 4.78 is 17.1. The van der Waals surface area contributed by atoms with Gasteiger partial charge in [-0.3, -0.25) is 9.59 Å². The van der Waals surface area contributed by atoms with Crippen molar-refractivity contribution in [3.63, 3.8) is 0 Å². The van der Waals surface area contributed by atoms with Crippen LogP contribution in [-0.2, 0) is 9.53 Å². The first-order valence-corrected chi connectivity index (χ1v) is 9.49. The van der Waals surface area contributed by atoms with Crippen LogP contribution in [0.5, 0.6) is 5.75 Å². The first kappa shape index (κ1) is 19.0. The molecule has 0 bridgehead atoms. The first-order valence-electron chi connectivity index (χ1n) is 9.49. The topological polar surface area (TPSA) is 81.0 Å². The summed E-state index contributed by atoms with van der Waals surface area (Å²) in [5.41, 5.74) is 1.75. The number of aryl methyl sites for hydroxylation is 1. The molecule has 0 spiro atoms. The maximum Gasteiger partial charge on any atom is 0.262 e. The molecular formula is C22H22N2O5. The Morgan fingerprint density at radius 1 is 1.14 bits per heavy atom. The van der Waals surface area contributed by atoms with Crippen molar-refractivity contribution in [3.8, 4) is 5.75 Å². The Kier molecular flexibility index (Phi) is 5.48. The van der Waals surface area contributed by atoms with E-state index in [9.17, 15) is 9.59 Å². The molecule has 0 unspecified atom stereocenters. The second kappa shape index (κ2) is 8.36. The number of hydrogen-bond donors (Lipinski definition) is 1. The lowest BCUT2D eigenvalue weighted by atomic mass is 10.1. The maximum atomic E-state index is 12.6. The van der Waals surface area contributed by atoms with Gasteiger partial charge in [0.15, 0.2) is 17.9 Å². The number of amides is 1. The minimum Gasteiger partial charge on any atom is -0.483 e. The summed E-state index contributed by atoms with van der Waals surface area (Å²) >= 11 is 0. The summed E-state index contributed by atoms with van der Waals surface area (Å²) in [6, 6.07) is 14.1. The zero-order valence-electron chi connectivity index (χ0n) is 16.1. The third kappa shape index (κ3) is 4.25. The van der Waals surface area contributed by atoms with Crippen LogP contribution in [0.25, 0.3) is 11.0 Å². The van der Waals surface area contributed by atoms with Crippen LogP contribution >= 0.6 is 0 Å². The number of anilines is 2. The van der Waals surface area contributed by atoms with Gasteiger partial charge in [-0.2, -0.15) is 0 Å². The number of rotatable bonds is 5. The number of benzene rings is 2. The van der Waals surface area contributed by atoms with Crippen molar-refractivity contribution in [2.45, 2.75) is 6.92 Å².